The highest BCUT2D eigenvalue weighted by Gasteiger charge is 2.08. The number of halogens is 2. The maximum absolute atomic E-state index is 14.9. The number of rotatable bonds is 6. The Morgan fingerprint density at radius 1 is 0.710 bits per heavy atom. The lowest BCUT2D eigenvalue weighted by Crippen LogP contribution is -2.06. The van der Waals surface area contributed by atoms with Gasteiger partial charge in [0.05, 0.1) is 5.38 Å². The maximum atomic E-state index is 14.9. The van der Waals surface area contributed by atoms with Crippen molar-refractivity contribution in [3.63, 3.8) is 0 Å². The normalized spacial score (nSPS) is 11.9. The van der Waals surface area contributed by atoms with Gasteiger partial charge >= 0.3 is 0 Å². The summed E-state index contributed by atoms with van der Waals surface area (Å²) in [6.07, 6.45) is 0. The monoisotopic (exact) mass is 430 g/mol. The average Bonchev–Trinajstić information content (AvgIpc) is 2.79. The van der Waals surface area contributed by atoms with Gasteiger partial charge in [-0.15, -0.1) is 11.6 Å². The van der Waals surface area contributed by atoms with Crippen LogP contribution < -0.4 is 4.74 Å². The highest BCUT2D eigenvalue weighted by molar-refractivity contribution is 6.20. The standard InChI is InChI=1S/C28H24ClFO/c1-19-3-5-23(6-4-19)25-13-16-27(28(30)17-25)24-9-7-21(8-10-24)22-11-14-26(15-12-22)31-18-20(2)29/h3-17,20H,18H2,1-2H3. The first-order chi connectivity index (χ1) is 15.0. The van der Waals surface area contributed by atoms with Crippen molar-refractivity contribution < 1.29 is 9.13 Å². The second-order valence-corrected chi connectivity index (χ2v) is 8.50. The zero-order valence-corrected chi connectivity index (χ0v) is 18.4. The molecule has 3 heteroatoms. The molecule has 0 spiro atoms. The van der Waals surface area contributed by atoms with Gasteiger partial charge in [0.25, 0.3) is 0 Å². The van der Waals surface area contributed by atoms with E-state index in [4.69, 9.17) is 16.3 Å². The fraction of sp³-hybridized carbons (Fsp3) is 0.143. The Kier molecular flexibility index (Phi) is 6.39. The third kappa shape index (κ3) is 5.15. The first kappa shape index (κ1) is 21.1. The number of ether oxygens (including phenoxy) is 1. The van der Waals surface area contributed by atoms with Crippen LogP contribution >= 0.6 is 11.6 Å². The van der Waals surface area contributed by atoms with Gasteiger partial charge in [0.1, 0.15) is 18.2 Å². The minimum atomic E-state index is -0.221. The van der Waals surface area contributed by atoms with Gasteiger partial charge in [-0.2, -0.15) is 0 Å². The Balaban J connectivity index is 1.52. The Hall–Kier alpha value is -3.10. The Morgan fingerprint density at radius 2 is 1.19 bits per heavy atom. The Morgan fingerprint density at radius 3 is 1.77 bits per heavy atom. The summed E-state index contributed by atoms with van der Waals surface area (Å²) < 4.78 is 20.5. The van der Waals surface area contributed by atoms with Gasteiger partial charge in [0.15, 0.2) is 0 Å². The van der Waals surface area contributed by atoms with Gasteiger partial charge in [0.2, 0.25) is 0 Å². The zero-order valence-electron chi connectivity index (χ0n) is 17.6. The van der Waals surface area contributed by atoms with Crippen molar-refractivity contribution in [2.24, 2.45) is 0 Å². The molecular formula is C28H24ClFO. The van der Waals surface area contributed by atoms with Crippen LogP contribution in [0.5, 0.6) is 5.75 Å². The van der Waals surface area contributed by atoms with Crippen molar-refractivity contribution in [1.82, 2.24) is 0 Å². The summed E-state index contributed by atoms with van der Waals surface area (Å²) in [4.78, 5) is 0. The lowest BCUT2D eigenvalue weighted by atomic mass is 9.97. The highest BCUT2D eigenvalue weighted by Crippen LogP contribution is 2.30. The lowest BCUT2D eigenvalue weighted by Gasteiger charge is -2.10. The van der Waals surface area contributed by atoms with E-state index in [1.807, 2.05) is 98.8 Å². The fourth-order valence-electron chi connectivity index (χ4n) is 3.47. The van der Waals surface area contributed by atoms with Gasteiger partial charge in [-0.1, -0.05) is 78.4 Å². The summed E-state index contributed by atoms with van der Waals surface area (Å²) in [5.41, 5.74) is 6.68. The topological polar surface area (TPSA) is 9.23 Å². The van der Waals surface area contributed by atoms with E-state index in [2.05, 4.69) is 0 Å². The molecule has 4 aromatic carbocycles. The van der Waals surface area contributed by atoms with Crippen LogP contribution in [0.25, 0.3) is 33.4 Å². The van der Waals surface area contributed by atoms with E-state index in [0.717, 1.165) is 33.6 Å². The minimum Gasteiger partial charge on any atom is -0.492 e. The van der Waals surface area contributed by atoms with Crippen LogP contribution in [0.2, 0.25) is 0 Å². The van der Waals surface area contributed by atoms with Crippen LogP contribution in [-0.4, -0.2) is 12.0 Å². The molecule has 0 aliphatic heterocycles. The van der Waals surface area contributed by atoms with Crippen molar-refractivity contribution in [3.05, 3.63) is 102 Å². The highest BCUT2D eigenvalue weighted by atomic mass is 35.5. The van der Waals surface area contributed by atoms with E-state index in [0.29, 0.717) is 12.2 Å². The largest absolute Gasteiger partial charge is 0.492 e. The van der Waals surface area contributed by atoms with Gasteiger partial charge in [-0.3, -0.25) is 0 Å². The molecule has 31 heavy (non-hydrogen) atoms. The molecular weight excluding hydrogens is 407 g/mol. The summed E-state index contributed by atoms with van der Waals surface area (Å²) in [6, 6.07) is 29.4. The van der Waals surface area contributed by atoms with Crippen LogP contribution in [0.3, 0.4) is 0 Å². The molecule has 0 N–H and O–H groups in total. The molecule has 0 heterocycles. The number of hydrogen-bond donors (Lipinski definition) is 0. The first-order valence-electron chi connectivity index (χ1n) is 10.3. The molecule has 4 rings (SSSR count). The molecule has 4 aromatic rings. The summed E-state index contributed by atoms with van der Waals surface area (Å²) in [5, 5.41) is -0.0291. The summed E-state index contributed by atoms with van der Waals surface area (Å²) in [7, 11) is 0. The second kappa shape index (κ2) is 9.36. The maximum Gasteiger partial charge on any atom is 0.131 e. The third-order valence-electron chi connectivity index (χ3n) is 5.22. The van der Waals surface area contributed by atoms with E-state index >= 15 is 0 Å². The predicted molar refractivity (Wildman–Crippen MR) is 128 cm³/mol. The van der Waals surface area contributed by atoms with E-state index in [9.17, 15) is 4.39 Å². The molecule has 1 atom stereocenters. The predicted octanol–water partition coefficient (Wildman–Crippen LogP) is 8.14. The minimum absolute atomic E-state index is 0.0291. The van der Waals surface area contributed by atoms with Gasteiger partial charge < -0.3 is 4.74 Å². The van der Waals surface area contributed by atoms with Crippen LogP contribution in [0.4, 0.5) is 4.39 Å². The van der Waals surface area contributed by atoms with Crippen molar-refractivity contribution in [1.29, 1.82) is 0 Å². The first-order valence-corrected chi connectivity index (χ1v) is 10.8. The molecule has 1 unspecified atom stereocenters. The number of hydrogen-bond acceptors (Lipinski definition) is 1. The molecule has 0 radical (unpaired) electrons. The SMILES string of the molecule is Cc1ccc(-c2ccc(-c3ccc(-c4ccc(OCC(C)Cl)cc4)cc3)c(F)c2)cc1. The van der Waals surface area contributed by atoms with Gasteiger partial charge in [-0.05, 0) is 59.9 Å². The van der Waals surface area contributed by atoms with Crippen molar-refractivity contribution in [2.75, 3.05) is 6.61 Å². The molecule has 156 valence electrons. The average molecular weight is 431 g/mol. The van der Waals surface area contributed by atoms with E-state index in [1.54, 1.807) is 6.07 Å². The van der Waals surface area contributed by atoms with Gasteiger partial charge in [0, 0.05) is 5.56 Å². The molecule has 1 nitrogen and oxygen atoms in total. The Bertz CT molecular complexity index is 1150. The van der Waals surface area contributed by atoms with Crippen molar-refractivity contribution in [3.8, 4) is 39.1 Å². The van der Waals surface area contributed by atoms with Crippen molar-refractivity contribution in [2.45, 2.75) is 19.2 Å². The lowest BCUT2D eigenvalue weighted by molar-refractivity contribution is 0.320. The number of benzene rings is 4. The molecule has 0 aliphatic carbocycles. The second-order valence-electron chi connectivity index (χ2n) is 7.75. The van der Waals surface area contributed by atoms with Crippen LogP contribution in [0, 0.1) is 12.7 Å². The summed E-state index contributed by atoms with van der Waals surface area (Å²) in [6.45, 7) is 4.42. The molecule has 0 aliphatic rings. The third-order valence-corrected chi connectivity index (χ3v) is 5.34. The van der Waals surface area contributed by atoms with E-state index in [-0.39, 0.29) is 11.2 Å². The molecule has 0 saturated heterocycles. The number of aryl methyl sites for hydroxylation is 1. The molecule has 0 amide bonds. The zero-order chi connectivity index (χ0) is 21.8. The Labute approximate surface area is 188 Å². The quantitative estimate of drug-likeness (QED) is 0.280. The van der Waals surface area contributed by atoms with Crippen LogP contribution in [0.15, 0.2) is 91.0 Å². The summed E-state index contributed by atoms with van der Waals surface area (Å²) >= 11 is 5.92. The number of alkyl halides is 1. The van der Waals surface area contributed by atoms with E-state index in [1.165, 1.54) is 5.56 Å². The van der Waals surface area contributed by atoms with Crippen LogP contribution in [-0.2, 0) is 0 Å². The molecule has 0 bridgehead atoms. The smallest absolute Gasteiger partial charge is 0.131 e. The van der Waals surface area contributed by atoms with Crippen LogP contribution in [0.1, 0.15) is 12.5 Å². The van der Waals surface area contributed by atoms with Gasteiger partial charge in [-0.25, -0.2) is 4.39 Å². The summed E-state index contributed by atoms with van der Waals surface area (Å²) in [5.74, 6) is 0.574. The van der Waals surface area contributed by atoms with Crippen molar-refractivity contribution >= 4 is 11.6 Å². The fourth-order valence-corrected chi connectivity index (χ4v) is 3.53. The molecule has 0 aromatic heterocycles. The molecule has 0 fully saturated rings. The molecule has 0 saturated carbocycles. The van der Waals surface area contributed by atoms with E-state index < -0.39 is 0 Å².